The van der Waals surface area contributed by atoms with Crippen molar-refractivity contribution in [1.29, 1.82) is 5.26 Å². The highest BCUT2D eigenvalue weighted by Crippen LogP contribution is 2.40. The summed E-state index contributed by atoms with van der Waals surface area (Å²) in [5, 5.41) is 14.9. The number of nitrogens with one attached hydrogen (secondary N) is 3. The molecule has 4 rings (SSSR count). The van der Waals surface area contributed by atoms with E-state index >= 15 is 0 Å². The van der Waals surface area contributed by atoms with Crippen LogP contribution in [0.1, 0.15) is 45.6 Å². The van der Waals surface area contributed by atoms with Crippen LogP contribution in [0.25, 0.3) is 0 Å². The Bertz CT molecular complexity index is 1420. The van der Waals surface area contributed by atoms with E-state index < -0.39 is 47.5 Å². The van der Waals surface area contributed by atoms with Gasteiger partial charge in [-0.05, 0) is 34.9 Å². The van der Waals surface area contributed by atoms with E-state index in [-0.39, 0.29) is 11.8 Å². The molecule has 0 aliphatic carbocycles. The molecule has 0 fully saturated rings. The summed E-state index contributed by atoms with van der Waals surface area (Å²) in [6.07, 6.45) is -5.44. The molecule has 4 aromatic rings. The van der Waals surface area contributed by atoms with Gasteiger partial charge >= 0.3 is 12.4 Å². The second-order valence-corrected chi connectivity index (χ2v) is 8.65. The lowest BCUT2D eigenvalue weighted by Crippen LogP contribution is -2.38. The molecule has 3 N–H and O–H groups in total. The van der Waals surface area contributed by atoms with E-state index in [1.807, 2.05) is 60.7 Å². The molecular weight excluding hydrogens is 534 g/mol. The topological polar surface area (TPSA) is 88.9 Å². The van der Waals surface area contributed by atoms with E-state index in [4.69, 9.17) is 0 Å². The van der Waals surface area contributed by atoms with Crippen LogP contribution >= 0.6 is 0 Å². The maximum atomic E-state index is 13.9. The molecule has 12 heteroatoms. The number of H-pyrrole nitrogens is 1. The third-order valence-corrected chi connectivity index (χ3v) is 6.06. The van der Waals surface area contributed by atoms with Crippen LogP contribution in [0.4, 0.5) is 26.3 Å². The summed E-state index contributed by atoms with van der Waals surface area (Å²) < 4.78 is 82.3. The molecule has 1 unspecified atom stereocenters. The molecule has 0 aliphatic heterocycles. The van der Waals surface area contributed by atoms with Gasteiger partial charge in [-0.2, -0.15) is 31.6 Å². The number of halogens is 6. The third-order valence-electron chi connectivity index (χ3n) is 6.06. The molecule has 206 valence electrons. The molecular formula is C28H22F6N6. The van der Waals surface area contributed by atoms with Gasteiger partial charge in [0.1, 0.15) is 5.82 Å². The Labute approximate surface area is 225 Å². The predicted octanol–water partition coefficient (Wildman–Crippen LogP) is 6.39. The van der Waals surface area contributed by atoms with Crippen molar-refractivity contribution in [2.24, 2.45) is 4.99 Å². The molecule has 1 atom stereocenters. The standard InChI is InChI=1S/C28H22F6N6/c29-27(30,31)20-11-12-23(28(32,33)34)21(15-20)22(25-36-13-14-37-25)16-38-26(39-17-35)40-24(18-7-3-1-4-8-18)19-9-5-2-6-10-19/h1-15,22,24H,16H2,(H,36,37)(H2,38,39,40). The predicted molar refractivity (Wildman–Crippen MR) is 136 cm³/mol. The summed E-state index contributed by atoms with van der Waals surface area (Å²) in [6.45, 7) is -0.467. The minimum atomic E-state index is -4.94. The first-order chi connectivity index (χ1) is 19.1. The van der Waals surface area contributed by atoms with Crippen molar-refractivity contribution >= 4 is 5.96 Å². The van der Waals surface area contributed by atoms with Gasteiger partial charge in [0.05, 0.1) is 29.6 Å². The average Bonchev–Trinajstić information content (AvgIpc) is 3.46. The lowest BCUT2D eigenvalue weighted by Gasteiger charge is -2.23. The van der Waals surface area contributed by atoms with Gasteiger partial charge in [0.25, 0.3) is 0 Å². The first-order valence-electron chi connectivity index (χ1n) is 11.9. The van der Waals surface area contributed by atoms with Gasteiger partial charge in [-0.25, -0.2) is 4.98 Å². The highest BCUT2D eigenvalue weighted by Gasteiger charge is 2.39. The normalized spacial score (nSPS) is 13.1. The Hall–Kier alpha value is -4.79. The summed E-state index contributed by atoms with van der Waals surface area (Å²) in [5.74, 6) is -1.46. The monoisotopic (exact) mass is 556 g/mol. The quantitative estimate of drug-likeness (QED) is 0.0810. The van der Waals surface area contributed by atoms with Crippen molar-refractivity contribution in [3.63, 3.8) is 0 Å². The number of nitriles is 1. The van der Waals surface area contributed by atoms with Gasteiger partial charge < -0.3 is 10.3 Å². The number of aromatic amines is 1. The Morgan fingerprint density at radius 1 is 0.900 bits per heavy atom. The number of aliphatic imine (C=N–C) groups is 1. The smallest absolute Gasteiger partial charge is 0.348 e. The largest absolute Gasteiger partial charge is 0.416 e. The number of nitrogens with zero attached hydrogens (tertiary/aromatic N) is 3. The number of hydrogen-bond donors (Lipinski definition) is 3. The number of imidazole rings is 1. The summed E-state index contributed by atoms with van der Waals surface area (Å²) in [4.78, 5) is 11.0. The number of aromatic nitrogens is 2. The zero-order valence-corrected chi connectivity index (χ0v) is 20.6. The lowest BCUT2D eigenvalue weighted by atomic mass is 9.91. The van der Waals surface area contributed by atoms with E-state index in [0.717, 1.165) is 11.1 Å². The van der Waals surface area contributed by atoms with Gasteiger partial charge in [-0.3, -0.25) is 10.3 Å². The highest BCUT2D eigenvalue weighted by molar-refractivity contribution is 5.82. The zero-order chi connectivity index (χ0) is 28.8. The number of hydrogen-bond acceptors (Lipinski definition) is 3. The van der Waals surface area contributed by atoms with Crippen LogP contribution in [0.2, 0.25) is 0 Å². The van der Waals surface area contributed by atoms with Crippen LogP contribution in [0.5, 0.6) is 0 Å². The zero-order valence-electron chi connectivity index (χ0n) is 20.6. The second-order valence-electron chi connectivity index (χ2n) is 8.65. The summed E-state index contributed by atoms with van der Waals surface area (Å²) in [6, 6.07) is 19.1. The minimum Gasteiger partial charge on any atom is -0.348 e. The van der Waals surface area contributed by atoms with Gasteiger partial charge in [0, 0.05) is 12.4 Å². The van der Waals surface area contributed by atoms with Crippen LogP contribution in [-0.4, -0.2) is 22.5 Å². The Balaban J connectivity index is 1.77. The molecule has 1 heterocycles. The van der Waals surface area contributed by atoms with Gasteiger partial charge in [0.2, 0.25) is 5.96 Å². The fourth-order valence-electron chi connectivity index (χ4n) is 4.23. The lowest BCUT2D eigenvalue weighted by molar-refractivity contribution is -0.142. The van der Waals surface area contributed by atoms with Crippen molar-refractivity contribution < 1.29 is 26.3 Å². The van der Waals surface area contributed by atoms with Crippen LogP contribution < -0.4 is 10.6 Å². The molecule has 1 aromatic heterocycles. The molecule has 0 aliphatic rings. The van der Waals surface area contributed by atoms with E-state index in [2.05, 4.69) is 25.6 Å². The average molecular weight is 557 g/mol. The fraction of sp³-hybridized carbons (Fsp3) is 0.179. The number of benzene rings is 3. The molecule has 3 aromatic carbocycles. The van der Waals surface area contributed by atoms with Crippen molar-refractivity contribution in [2.45, 2.75) is 24.3 Å². The summed E-state index contributed by atoms with van der Waals surface area (Å²) in [7, 11) is 0. The van der Waals surface area contributed by atoms with E-state index in [9.17, 15) is 31.6 Å². The second kappa shape index (κ2) is 11.9. The number of guanidine groups is 1. The molecule has 0 radical (unpaired) electrons. The fourth-order valence-corrected chi connectivity index (χ4v) is 4.23. The number of alkyl halides is 6. The molecule has 0 spiro atoms. The molecule has 0 saturated carbocycles. The number of rotatable bonds is 7. The summed E-state index contributed by atoms with van der Waals surface area (Å²) in [5.41, 5.74) is -1.52. The van der Waals surface area contributed by atoms with Crippen molar-refractivity contribution in [3.8, 4) is 6.19 Å². The van der Waals surface area contributed by atoms with Crippen LogP contribution in [-0.2, 0) is 12.4 Å². The minimum absolute atomic E-state index is 0.0208. The van der Waals surface area contributed by atoms with Crippen LogP contribution in [0.3, 0.4) is 0 Å². The first-order valence-corrected chi connectivity index (χ1v) is 11.9. The maximum Gasteiger partial charge on any atom is 0.416 e. The Morgan fingerprint density at radius 2 is 1.52 bits per heavy atom. The maximum absolute atomic E-state index is 13.9. The van der Waals surface area contributed by atoms with Crippen LogP contribution in [0.15, 0.2) is 96.2 Å². The van der Waals surface area contributed by atoms with E-state index in [1.54, 1.807) is 6.19 Å². The van der Waals surface area contributed by atoms with E-state index in [1.165, 1.54) is 12.4 Å². The van der Waals surface area contributed by atoms with Gasteiger partial charge in [0.15, 0.2) is 6.19 Å². The van der Waals surface area contributed by atoms with Gasteiger partial charge in [-0.1, -0.05) is 60.7 Å². The SMILES string of the molecule is N#CNC(=NCC(c1ncc[nH]1)c1cc(C(F)(F)F)ccc1C(F)(F)F)NC(c1ccccc1)c1ccccc1. The third kappa shape index (κ3) is 6.79. The Morgan fingerprint density at radius 3 is 2.02 bits per heavy atom. The molecule has 0 saturated heterocycles. The van der Waals surface area contributed by atoms with E-state index in [0.29, 0.717) is 18.2 Å². The van der Waals surface area contributed by atoms with Crippen molar-refractivity contribution in [2.75, 3.05) is 6.54 Å². The molecule has 0 bridgehead atoms. The van der Waals surface area contributed by atoms with Crippen molar-refractivity contribution in [3.05, 3.63) is 125 Å². The van der Waals surface area contributed by atoms with Crippen molar-refractivity contribution in [1.82, 2.24) is 20.6 Å². The summed E-state index contributed by atoms with van der Waals surface area (Å²) >= 11 is 0. The molecule has 40 heavy (non-hydrogen) atoms. The molecule has 6 nitrogen and oxygen atoms in total. The van der Waals surface area contributed by atoms with Crippen LogP contribution in [0, 0.1) is 11.5 Å². The first kappa shape index (κ1) is 28.2. The highest BCUT2D eigenvalue weighted by atomic mass is 19.4. The molecule has 0 amide bonds. The Kier molecular flexibility index (Phi) is 8.43. The van der Waals surface area contributed by atoms with Gasteiger partial charge in [-0.15, -0.1) is 0 Å².